The molecule has 0 unspecified atom stereocenters. The molecule has 19 heavy (non-hydrogen) atoms. The first-order chi connectivity index (χ1) is 9.15. The van der Waals surface area contributed by atoms with Gasteiger partial charge in [-0.3, -0.25) is 4.79 Å². The number of rotatable bonds is 8. The van der Waals surface area contributed by atoms with Crippen LogP contribution in [0.5, 0.6) is 0 Å². The van der Waals surface area contributed by atoms with Crippen molar-refractivity contribution < 1.29 is 19.4 Å². The van der Waals surface area contributed by atoms with Gasteiger partial charge in [-0.2, -0.15) is 0 Å². The molecule has 0 heterocycles. The molecule has 0 fully saturated rings. The number of carbonyl (C=O) groups is 2. The van der Waals surface area contributed by atoms with Crippen LogP contribution in [0.15, 0.2) is 24.3 Å². The predicted octanol–water partition coefficient (Wildman–Crippen LogP) is 0.949. The van der Waals surface area contributed by atoms with Crippen molar-refractivity contribution in [2.45, 2.75) is 6.42 Å². The summed E-state index contributed by atoms with van der Waals surface area (Å²) in [6.45, 7) is 1.32. The average Bonchev–Trinajstić information content (AvgIpc) is 2.39. The summed E-state index contributed by atoms with van der Waals surface area (Å²) < 4.78 is 4.81. The second-order valence-corrected chi connectivity index (χ2v) is 3.87. The maximum absolute atomic E-state index is 11.4. The van der Waals surface area contributed by atoms with Crippen molar-refractivity contribution in [3.05, 3.63) is 29.8 Å². The number of carboxylic acid groups (broad SMARTS) is 1. The molecule has 0 aromatic heterocycles. The molecule has 1 aromatic rings. The summed E-state index contributed by atoms with van der Waals surface area (Å²) in [6.07, 6.45) is 0.275. The highest BCUT2D eigenvalue weighted by Crippen LogP contribution is 2.14. The Kier molecular flexibility index (Phi) is 6.38. The van der Waals surface area contributed by atoms with Crippen molar-refractivity contribution in [2.24, 2.45) is 0 Å². The van der Waals surface area contributed by atoms with E-state index < -0.39 is 5.97 Å². The van der Waals surface area contributed by atoms with Gasteiger partial charge in [0.15, 0.2) is 0 Å². The second kappa shape index (κ2) is 8.10. The van der Waals surface area contributed by atoms with E-state index in [-0.39, 0.29) is 17.9 Å². The Bertz CT molecular complexity index is 434. The molecule has 104 valence electrons. The normalized spacial score (nSPS) is 9.95. The zero-order valence-corrected chi connectivity index (χ0v) is 10.8. The lowest BCUT2D eigenvalue weighted by Gasteiger charge is -2.09. The number of ether oxygens (including phenoxy) is 1. The van der Waals surface area contributed by atoms with Crippen LogP contribution in [0, 0.1) is 0 Å². The summed E-state index contributed by atoms with van der Waals surface area (Å²) in [5.41, 5.74) is 0.710. The first-order valence-corrected chi connectivity index (χ1v) is 5.97. The van der Waals surface area contributed by atoms with Crippen LogP contribution in [0.25, 0.3) is 0 Å². The molecular weight excluding hydrogens is 248 g/mol. The number of para-hydroxylation sites is 1. The molecule has 1 rings (SSSR count). The lowest BCUT2D eigenvalue weighted by molar-refractivity contribution is -0.121. The third kappa shape index (κ3) is 5.39. The highest BCUT2D eigenvalue weighted by molar-refractivity contribution is 5.94. The van der Waals surface area contributed by atoms with Crippen LogP contribution >= 0.6 is 0 Å². The van der Waals surface area contributed by atoms with Crippen molar-refractivity contribution in [1.29, 1.82) is 0 Å². The molecule has 0 saturated carbocycles. The van der Waals surface area contributed by atoms with E-state index >= 15 is 0 Å². The van der Waals surface area contributed by atoms with Crippen molar-refractivity contribution in [3.8, 4) is 0 Å². The highest BCUT2D eigenvalue weighted by atomic mass is 16.5. The highest BCUT2D eigenvalue weighted by Gasteiger charge is 2.08. The maximum Gasteiger partial charge on any atom is 0.337 e. The zero-order valence-electron chi connectivity index (χ0n) is 10.8. The van der Waals surface area contributed by atoms with Gasteiger partial charge in [-0.1, -0.05) is 12.1 Å². The molecule has 6 nitrogen and oxygen atoms in total. The van der Waals surface area contributed by atoms with Crippen molar-refractivity contribution in [2.75, 3.05) is 32.1 Å². The number of anilines is 1. The molecule has 3 N–H and O–H groups in total. The lowest BCUT2D eigenvalue weighted by atomic mass is 10.2. The quantitative estimate of drug-likeness (QED) is 0.610. The van der Waals surface area contributed by atoms with Crippen molar-refractivity contribution in [1.82, 2.24) is 5.32 Å². The molecule has 0 saturated heterocycles. The number of aromatic carboxylic acids is 1. The number of nitrogens with one attached hydrogen (secondary N) is 2. The Morgan fingerprint density at radius 3 is 2.68 bits per heavy atom. The third-order valence-corrected chi connectivity index (χ3v) is 2.45. The fraction of sp³-hybridized carbons (Fsp3) is 0.385. The molecular formula is C13H18N2O4. The SMILES string of the molecule is COCCNC(=O)CCNc1ccccc1C(=O)O. The molecule has 0 bridgehead atoms. The topological polar surface area (TPSA) is 87.7 Å². The van der Waals surface area contributed by atoms with Crippen molar-refractivity contribution in [3.63, 3.8) is 0 Å². The van der Waals surface area contributed by atoms with Gasteiger partial charge in [0, 0.05) is 32.3 Å². The number of methoxy groups -OCH3 is 1. The molecule has 1 aromatic carbocycles. The Hall–Kier alpha value is -2.08. The van der Waals surface area contributed by atoms with E-state index in [2.05, 4.69) is 10.6 Å². The van der Waals surface area contributed by atoms with E-state index in [1.165, 1.54) is 6.07 Å². The Morgan fingerprint density at radius 2 is 2.00 bits per heavy atom. The van der Waals surface area contributed by atoms with Gasteiger partial charge in [-0.05, 0) is 12.1 Å². The number of carbonyl (C=O) groups excluding carboxylic acids is 1. The molecule has 0 atom stereocenters. The summed E-state index contributed by atoms with van der Waals surface area (Å²) in [4.78, 5) is 22.4. The van der Waals surface area contributed by atoms with E-state index in [1.807, 2.05) is 0 Å². The number of hydrogen-bond donors (Lipinski definition) is 3. The number of carboxylic acids is 1. The van der Waals surface area contributed by atoms with Crippen LogP contribution in [0.3, 0.4) is 0 Å². The minimum atomic E-state index is -0.993. The van der Waals surface area contributed by atoms with Crippen molar-refractivity contribution >= 4 is 17.6 Å². The van der Waals surface area contributed by atoms with Gasteiger partial charge in [0.25, 0.3) is 0 Å². The Morgan fingerprint density at radius 1 is 1.26 bits per heavy atom. The minimum Gasteiger partial charge on any atom is -0.478 e. The van der Waals surface area contributed by atoms with Gasteiger partial charge in [0.05, 0.1) is 12.2 Å². The van der Waals surface area contributed by atoms with E-state index in [4.69, 9.17) is 9.84 Å². The van der Waals surface area contributed by atoms with Gasteiger partial charge < -0.3 is 20.5 Å². The van der Waals surface area contributed by atoms with Crippen LogP contribution in [0.1, 0.15) is 16.8 Å². The van der Waals surface area contributed by atoms with Gasteiger partial charge in [-0.25, -0.2) is 4.79 Å². The van der Waals surface area contributed by atoms with Crippen LogP contribution in [0.2, 0.25) is 0 Å². The fourth-order valence-corrected chi connectivity index (χ4v) is 1.52. The van der Waals surface area contributed by atoms with E-state index in [0.29, 0.717) is 25.4 Å². The van der Waals surface area contributed by atoms with Gasteiger partial charge in [0.2, 0.25) is 5.91 Å². The van der Waals surface area contributed by atoms with Crippen LogP contribution in [-0.2, 0) is 9.53 Å². The summed E-state index contributed by atoms with van der Waals surface area (Å²) in [5, 5.41) is 14.6. The fourth-order valence-electron chi connectivity index (χ4n) is 1.52. The maximum atomic E-state index is 11.4. The minimum absolute atomic E-state index is 0.0997. The van der Waals surface area contributed by atoms with Gasteiger partial charge >= 0.3 is 5.97 Å². The van der Waals surface area contributed by atoms with Gasteiger partial charge in [-0.15, -0.1) is 0 Å². The second-order valence-electron chi connectivity index (χ2n) is 3.87. The Balaban J connectivity index is 2.37. The average molecular weight is 266 g/mol. The van der Waals surface area contributed by atoms with Crippen LogP contribution < -0.4 is 10.6 Å². The largest absolute Gasteiger partial charge is 0.478 e. The number of benzene rings is 1. The van der Waals surface area contributed by atoms with E-state index in [0.717, 1.165) is 0 Å². The number of amides is 1. The lowest BCUT2D eigenvalue weighted by Crippen LogP contribution is -2.28. The Labute approximate surface area is 111 Å². The standard InChI is InChI=1S/C13H18N2O4/c1-19-9-8-15-12(16)6-7-14-11-5-3-2-4-10(11)13(17)18/h2-5,14H,6-9H2,1H3,(H,15,16)(H,17,18). The van der Waals surface area contributed by atoms with Crippen LogP contribution in [-0.4, -0.2) is 43.8 Å². The van der Waals surface area contributed by atoms with Gasteiger partial charge in [0.1, 0.15) is 0 Å². The first kappa shape index (κ1) is 15.0. The molecule has 0 aliphatic rings. The summed E-state index contributed by atoms with van der Waals surface area (Å²) in [5.74, 6) is -1.09. The summed E-state index contributed by atoms with van der Waals surface area (Å²) in [7, 11) is 1.57. The first-order valence-electron chi connectivity index (χ1n) is 5.97. The smallest absolute Gasteiger partial charge is 0.337 e. The summed E-state index contributed by atoms with van der Waals surface area (Å²) in [6, 6.07) is 6.59. The zero-order chi connectivity index (χ0) is 14.1. The molecule has 6 heteroatoms. The molecule has 0 aliphatic carbocycles. The van der Waals surface area contributed by atoms with Crippen LogP contribution in [0.4, 0.5) is 5.69 Å². The van der Waals surface area contributed by atoms with E-state index in [1.54, 1.807) is 25.3 Å². The molecule has 0 aliphatic heterocycles. The summed E-state index contributed by atoms with van der Waals surface area (Å²) >= 11 is 0. The molecule has 0 spiro atoms. The number of hydrogen-bond acceptors (Lipinski definition) is 4. The van der Waals surface area contributed by atoms with E-state index in [9.17, 15) is 9.59 Å². The molecule has 1 amide bonds. The predicted molar refractivity (Wildman–Crippen MR) is 71.4 cm³/mol. The molecule has 0 radical (unpaired) electrons. The monoisotopic (exact) mass is 266 g/mol. The third-order valence-electron chi connectivity index (χ3n) is 2.45.